The average Bonchev–Trinajstić information content (AvgIpc) is 2.39. The molecule has 0 aromatic heterocycles. The molecule has 7 heteroatoms. The van der Waals surface area contributed by atoms with Crippen molar-refractivity contribution in [1.82, 2.24) is 0 Å². The van der Waals surface area contributed by atoms with Crippen LogP contribution in [-0.4, -0.2) is 23.4 Å². The van der Waals surface area contributed by atoms with Crippen molar-refractivity contribution >= 4 is 23.3 Å². The van der Waals surface area contributed by atoms with Gasteiger partial charge in [-0.3, -0.25) is 14.9 Å². The number of nitrogens with zero attached hydrogens (tertiary/aromatic N) is 1. The molecule has 0 heterocycles. The van der Waals surface area contributed by atoms with Gasteiger partial charge in [0.05, 0.1) is 10.6 Å². The van der Waals surface area contributed by atoms with Crippen molar-refractivity contribution in [3.05, 3.63) is 46.0 Å². The van der Waals surface area contributed by atoms with E-state index in [1.807, 2.05) is 0 Å². The monoisotopic (exact) mass is 278 g/mol. The molecule has 0 radical (unpaired) electrons. The summed E-state index contributed by atoms with van der Waals surface area (Å²) in [7, 11) is 0. The Morgan fingerprint density at radius 2 is 2.15 bits per heavy atom. The molecule has 1 N–H and O–H groups in total. The summed E-state index contributed by atoms with van der Waals surface area (Å²) in [5, 5.41) is 13.1. The molecular formula is C13H14N2O5. The van der Waals surface area contributed by atoms with Crippen LogP contribution >= 0.6 is 0 Å². The second-order valence-electron chi connectivity index (χ2n) is 3.91. The van der Waals surface area contributed by atoms with Crippen molar-refractivity contribution in [3.63, 3.8) is 0 Å². The van der Waals surface area contributed by atoms with Crippen molar-refractivity contribution in [3.8, 4) is 0 Å². The minimum absolute atomic E-state index is 0.128. The first kappa shape index (κ1) is 15.4. The molecule has 1 amide bonds. The molecule has 1 aromatic rings. The number of rotatable bonds is 5. The average molecular weight is 278 g/mol. The molecule has 0 saturated carbocycles. The maximum Gasteiger partial charge on any atom is 0.330 e. The molecule has 0 spiro atoms. The number of carbonyl (C=O) groups excluding carboxylic acids is 2. The Hall–Kier alpha value is -2.70. The van der Waals surface area contributed by atoms with E-state index >= 15 is 0 Å². The third-order valence-electron chi connectivity index (χ3n) is 2.35. The first-order valence-electron chi connectivity index (χ1n) is 5.78. The van der Waals surface area contributed by atoms with E-state index in [1.54, 1.807) is 13.8 Å². The zero-order chi connectivity index (χ0) is 15.1. The highest BCUT2D eigenvalue weighted by Crippen LogP contribution is 2.21. The first-order valence-corrected chi connectivity index (χ1v) is 5.78. The van der Waals surface area contributed by atoms with Gasteiger partial charge >= 0.3 is 5.97 Å². The van der Waals surface area contributed by atoms with E-state index < -0.39 is 23.4 Å². The zero-order valence-electron chi connectivity index (χ0n) is 11.1. The highest BCUT2D eigenvalue weighted by Gasteiger charge is 2.11. The zero-order valence-corrected chi connectivity index (χ0v) is 11.1. The van der Waals surface area contributed by atoms with E-state index in [2.05, 4.69) is 10.1 Å². The maximum absolute atomic E-state index is 11.6. The minimum Gasteiger partial charge on any atom is -0.452 e. The van der Waals surface area contributed by atoms with Gasteiger partial charge in [-0.15, -0.1) is 0 Å². The Morgan fingerprint density at radius 1 is 1.45 bits per heavy atom. The number of carbonyl (C=O) groups is 2. The van der Waals surface area contributed by atoms with Crippen molar-refractivity contribution in [2.24, 2.45) is 0 Å². The fourth-order valence-corrected chi connectivity index (χ4v) is 1.37. The van der Waals surface area contributed by atoms with E-state index in [0.29, 0.717) is 11.3 Å². The topological polar surface area (TPSA) is 98.5 Å². The molecule has 0 fully saturated rings. The van der Waals surface area contributed by atoms with Gasteiger partial charge in [0.25, 0.3) is 11.6 Å². The third kappa shape index (κ3) is 4.52. The lowest BCUT2D eigenvalue weighted by molar-refractivity contribution is -0.384. The third-order valence-corrected chi connectivity index (χ3v) is 2.35. The van der Waals surface area contributed by atoms with Crippen LogP contribution in [0.15, 0.2) is 30.4 Å². The molecule has 0 atom stereocenters. The lowest BCUT2D eigenvalue weighted by Crippen LogP contribution is -2.20. The van der Waals surface area contributed by atoms with Crippen LogP contribution in [0.2, 0.25) is 0 Å². The normalized spacial score (nSPS) is 10.3. The Kier molecular flexibility index (Phi) is 5.40. The number of benzene rings is 1. The molecule has 0 aliphatic carbocycles. The van der Waals surface area contributed by atoms with Crippen molar-refractivity contribution in [2.45, 2.75) is 13.8 Å². The van der Waals surface area contributed by atoms with Gasteiger partial charge in [-0.25, -0.2) is 4.79 Å². The molecule has 0 aliphatic rings. The number of nitro groups is 1. The largest absolute Gasteiger partial charge is 0.452 e. The van der Waals surface area contributed by atoms with Gasteiger partial charge in [0.1, 0.15) is 0 Å². The van der Waals surface area contributed by atoms with E-state index in [0.717, 1.165) is 0 Å². The highest BCUT2D eigenvalue weighted by molar-refractivity contribution is 5.94. The van der Waals surface area contributed by atoms with Crippen LogP contribution in [-0.2, 0) is 14.3 Å². The number of non-ortho nitro benzene ring substituents is 1. The van der Waals surface area contributed by atoms with Gasteiger partial charge in [-0.2, -0.15) is 0 Å². The number of esters is 1. The van der Waals surface area contributed by atoms with Crippen LogP contribution in [0.4, 0.5) is 11.4 Å². The predicted octanol–water partition coefficient (Wildman–Crippen LogP) is 1.96. The van der Waals surface area contributed by atoms with Crippen LogP contribution in [0, 0.1) is 17.0 Å². The summed E-state index contributed by atoms with van der Waals surface area (Å²) in [6.45, 7) is 2.89. The Morgan fingerprint density at radius 3 is 2.75 bits per heavy atom. The molecule has 0 aliphatic heterocycles. The molecule has 1 rings (SSSR count). The number of ether oxygens (including phenoxy) is 1. The van der Waals surface area contributed by atoms with E-state index in [9.17, 15) is 19.7 Å². The Bertz CT molecular complexity index is 566. The van der Waals surface area contributed by atoms with Gasteiger partial charge < -0.3 is 10.1 Å². The van der Waals surface area contributed by atoms with Crippen molar-refractivity contribution in [2.75, 3.05) is 11.9 Å². The summed E-state index contributed by atoms with van der Waals surface area (Å²) < 4.78 is 4.66. The highest BCUT2D eigenvalue weighted by atomic mass is 16.6. The molecule has 1 aromatic carbocycles. The van der Waals surface area contributed by atoms with Gasteiger partial charge in [0, 0.05) is 18.2 Å². The van der Waals surface area contributed by atoms with Gasteiger partial charge in [0.15, 0.2) is 6.61 Å². The van der Waals surface area contributed by atoms with Gasteiger partial charge in [-0.1, -0.05) is 12.1 Å². The minimum atomic E-state index is -0.626. The van der Waals surface area contributed by atoms with Gasteiger partial charge in [-0.05, 0) is 19.4 Å². The molecule has 7 nitrogen and oxygen atoms in total. The lowest BCUT2D eigenvalue weighted by atomic mass is 10.2. The first-order chi connectivity index (χ1) is 9.43. The van der Waals surface area contributed by atoms with Crippen LogP contribution in [0.3, 0.4) is 0 Å². The van der Waals surface area contributed by atoms with E-state index in [4.69, 9.17) is 0 Å². The van der Waals surface area contributed by atoms with Crippen molar-refractivity contribution < 1.29 is 19.2 Å². The van der Waals surface area contributed by atoms with E-state index in [-0.39, 0.29) is 5.69 Å². The fraction of sp³-hybridized carbons (Fsp3) is 0.231. The standard InChI is InChI=1S/C13H14N2O5/c1-3-4-13(17)20-8-12(16)14-11-7-10(15(18)19)6-5-9(11)2/h3-7H,8H2,1-2H3,(H,14,16)/b4-3+. The van der Waals surface area contributed by atoms with Crippen LogP contribution in [0.5, 0.6) is 0 Å². The molecule has 0 unspecified atom stereocenters. The lowest BCUT2D eigenvalue weighted by Gasteiger charge is -2.08. The SMILES string of the molecule is C/C=C/C(=O)OCC(=O)Nc1cc([N+](=O)[O-])ccc1C. The van der Waals surface area contributed by atoms with Crippen LogP contribution in [0.25, 0.3) is 0 Å². The second kappa shape index (κ2) is 7.03. The number of anilines is 1. The number of nitro benzene ring substituents is 1. The van der Waals surface area contributed by atoms with Crippen LogP contribution < -0.4 is 5.32 Å². The number of hydrogen-bond donors (Lipinski definition) is 1. The van der Waals surface area contributed by atoms with Gasteiger partial charge in [0.2, 0.25) is 0 Å². The number of nitrogens with one attached hydrogen (secondary N) is 1. The maximum atomic E-state index is 11.6. The summed E-state index contributed by atoms with van der Waals surface area (Å²) in [5.41, 5.74) is 0.854. The number of aryl methyl sites for hydroxylation is 1. The summed E-state index contributed by atoms with van der Waals surface area (Å²) in [6, 6.07) is 4.12. The molecular weight excluding hydrogens is 264 g/mol. The second-order valence-corrected chi connectivity index (χ2v) is 3.91. The quantitative estimate of drug-likeness (QED) is 0.384. The Balaban J connectivity index is 2.68. The number of amides is 1. The number of hydrogen-bond acceptors (Lipinski definition) is 5. The fourth-order valence-electron chi connectivity index (χ4n) is 1.37. The summed E-state index contributed by atoms with van der Waals surface area (Å²) in [6.07, 6.45) is 2.68. The summed E-state index contributed by atoms with van der Waals surface area (Å²) in [5.74, 6) is -1.19. The molecule has 0 bridgehead atoms. The number of allylic oxidation sites excluding steroid dienone is 1. The molecule has 0 saturated heterocycles. The summed E-state index contributed by atoms with van der Waals surface area (Å²) >= 11 is 0. The molecule has 106 valence electrons. The molecule has 20 heavy (non-hydrogen) atoms. The predicted molar refractivity (Wildman–Crippen MR) is 72.2 cm³/mol. The van der Waals surface area contributed by atoms with E-state index in [1.165, 1.54) is 30.4 Å². The van der Waals surface area contributed by atoms with Crippen molar-refractivity contribution in [1.29, 1.82) is 0 Å². The summed E-state index contributed by atoms with van der Waals surface area (Å²) in [4.78, 5) is 32.7. The Labute approximate surface area is 115 Å². The van der Waals surface area contributed by atoms with Crippen LogP contribution in [0.1, 0.15) is 12.5 Å². The smallest absolute Gasteiger partial charge is 0.330 e.